The summed E-state index contributed by atoms with van der Waals surface area (Å²) in [6.07, 6.45) is 0. The molecule has 0 aliphatic carbocycles. The Bertz CT molecular complexity index is 1110. The van der Waals surface area contributed by atoms with Gasteiger partial charge in [-0.2, -0.15) is 0 Å². The topological polar surface area (TPSA) is 68.0 Å². The van der Waals surface area contributed by atoms with Crippen molar-refractivity contribution in [2.75, 3.05) is 0 Å². The molecule has 0 aliphatic heterocycles. The summed E-state index contributed by atoms with van der Waals surface area (Å²) < 4.78 is 6.65. The normalized spacial score (nSPS) is 12.0. The molecular weight excluding hydrogens is 474 g/mol. The van der Waals surface area contributed by atoms with Crippen LogP contribution in [0, 0.1) is 0 Å². The van der Waals surface area contributed by atoms with E-state index in [2.05, 4.69) is 31.4 Å². The highest BCUT2D eigenvalue weighted by Crippen LogP contribution is 2.31. The molecule has 0 radical (unpaired) electrons. The van der Waals surface area contributed by atoms with E-state index >= 15 is 0 Å². The number of aromatic nitrogens is 2. The second-order valence-corrected chi connectivity index (χ2v) is 9.02. The van der Waals surface area contributed by atoms with Crippen LogP contribution in [0.2, 0.25) is 0 Å². The standard InChI is InChI=1S/C24H20BrN3O2S/c1-16(31-24-28-27-23(30-24)19-14-8-9-15-20(19)25)22(29)26-21(17-10-4-2-5-11-17)18-12-6-3-7-13-18/h2-16,21H,1H3,(H,26,29). The lowest BCUT2D eigenvalue weighted by Gasteiger charge is -2.21. The van der Waals surface area contributed by atoms with Gasteiger partial charge in [0.1, 0.15) is 0 Å². The number of halogens is 1. The molecule has 4 rings (SSSR count). The second kappa shape index (κ2) is 9.94. The Labute approximate surface area is 193 Å². The highest BCUT2D eigenvalue weighted by Gasteiger charge is 2.23. The van der Waals surface area contributed by atoms with Gasteiger partial charge in [-0.3, -0.25) is 4.79 Å². The van der Waals surface area contributed by atoms with Crippen molar-refractivity contribution < 1.29 is 9.21 Å². The summed E-state index contributed by atoms with van der Waals surface area (Å²) in [5.41, 5.74) is 2.86. The van der Waals surface area contributed by atoms with Crippen LogP contribution in [0.1, 0.15) is 24.1 Å². The van der Waals surface area contributed by atoms with E-state index < -0.39 is 5.25 Å². The van der Waals surface area contributed by atoms with Crippen molar-refractivity contribution in [1.29, 1.82) is 0 Å². The highest BCUT2D eigenvalue weighted by molar-refractivity contribution is 9.10. The predicted octanol–water partition coefficient (Wildman–Crippen LogP) is 5.89. The third kappa shape index (κ3) is 5.24. The fourth-order valence-electron chi connectivity index (χ4n) is 3.12. The lowest BCUT2D eigenvalue weighted by molar-refractivity contribution is -0.120. The molecule has 0 saturated heterocycles. The van der Waals surface area contributed by atoms with E-state index in [9.17, 15) is 4.79 Å². The van der Waals surface area contributed by atoms with Crippen molar-refractivity contribution in [3.05, 3.63) is 101 Å². The zero-order chi connectivity index (χ0) is 21.6. The molecule has 5 nitrogen and oxygen atoms in total. The fourth-order valence-corrected chi connectivity index (χ4v) is 4.26. The summed E-state index contributed by atoms with van der Waals surface area (Å²) in [7, 11) is 0. The van der Waals surface area contributed by atoms with E-state index in [0.717, 1.165) is 21.2 Å². The van der Waals surface area contributed by atoms with Crippen molar-refractivity contribution in [1.82, 2.24) is 15.5 Å². The zero-order valence-electron chi connectivity index (χ0n) is 16.7. The maximum atomic E-state index is 13.0. The van der Waals surface area contributed by atoms with Gasteiger partial charge in [-0.25, -0.2) is 0 Å². The summed E-state index contributed by atoms with van der Waals surface area (Å²) in [5, 5.41) is 11.3. The van der Waals surface area contributed by atoms with E-state index in [4.69, 9.17) is 4.42 Å². The van der Waals surface area contributed by atoms with Crippen LogP contribution in [0.3, 0.4) is 0 Å². The van der Waals surface area contributed by atoms with Gasteiger partial charge in [-0.1, -0.05) is 84.6 Å². The van der Waals surface area contributed by atoms with Crippen LogP contribution in [-0.2, 0) is 4.79 Å². The lowest BCUT2D eigenvalue weighted by Crippen LogP contribution is -2.34. The third-order valence-electron chi connectivity index (χ3n) is 4.71. The number of nitrogens with zero attached hydrogens (tertiary/aromatic N) is 2. The molecular formula is C24H20BrN3O2S. The van der Waals surface area contributed by atoms with E-state index in [1.54, 1.807) is 0 Å². The molecule has 1 atom stereocenters. The molecule has 3 aromatic carbocycles. The average Bonchev–Trinajstić information content (AvgIpc) is 3.27. The van der Waals surface area contributed by atoms with Crippen molar-refractivity contribution in [3.63, 3.8) is 0 Å². The first-order valence-corrected chi connectivity index (χ1v) is 11.4. The Morgan fingerprint density at radius 2 is 1.48 bits per heavy atom. The Kier molecular flexibility index (Phi) is 6.84. The number of thioether (sulfide) groups is 1. The molecule has 0 bridgehead atoms. The summed E-state index contributed by atoms with van der Waals surface area (Å²) >= 11 is 4.73. The molecule has 156 valence electrons. The van der Waals surface area contributed by atoms with Crippen molar-refractivity contribution >= 4 is 33.6 Å². The minimum Gasteiger partial charge on any atom is -0.411 e. The Hall–Kier alpha value is -2.90. The molecule has 1 amide bonds. The van der Waals surface area contributed by atoms with Crippen molar-refractivity contribution in [3.8, 4) is 11.5 Å². The number of hydrogen-bond donors (Lipinski definition) is 1. The van der Waals surface area contributed by atoms with E-state index in [1.165, 1.54) is 11.8 Å². The molecule has 31 heavy (non-hydrogen) atoms. The maximum absolute atomic E-state index is 13.0. The van der Waals surface area contributed by atoms with Gasteiger partial charge in [0, 0.05) is 4.47 Å². The molecule has 0 aliphatic rings. The van der Waals surface area contributed by atoms with Crippen LogP contribution < -0.4 is 5.32 Å². The number of carbonyl (C=O) groups is 1. The number of benzene rings is 3. The van der Waals surface area contributed by atoms with Crippen molar-refractivity contribution in [2.45, 2.75) is 23.4 Å². The number of amides is 1. The van der Waals surface area contributed by atoms with Gasteiger partial charge in [-0.15, -0.1) is 10.2 Å². The smallest absolute Gasteiger partial charge is 0.277 e. The molecule has 7 heteroatoms. The minimum atomic E-state index is -0.414. The summed E-state index contributed by atoms with van der Waals surface area (Å²) in [6.45, 7) is 1.83. The van der Waals surface area contributed by atoms with Gasteiger partial charge in [0.15, 0.2) is 0 Å². The molecule has 1 unspecified atom stereocenters. The van der Waals surface area contributed by atoms with Crippen LogP contribution in [-0.4, -0.2) is 21.4 Å². The van der Waals surface area contributed by atoms with Gasteiger partial charge >= 0.3 is 0 Å². The average molecular weight is 494 g/mol. The summed E-state index contributed by atoms with van der Waals surface area (Å²) in [4.78, 5) is 13.0. The number of rotatable bonds is 7. The third-order valence-corrected chi connectivity index (χ3v) is 6.34. The van der Waals surface area contributed by atoms with Crippen LogP contribution in [0.25, 0.3) is 11.5 Å². The molecule has 1 aromatic heterocycles. The largest absolute Gasteiger partial charge is 0.411 e. The quantitative estimate of drug-likeness (QED) is 0.325. The summed E-state index contributed by atoms with van der Waals surface area (Å²) in [5.74, 6) is 0.303. The van der Waals surface area contributed by atoms with Crippen LogP contribution in [0.15, 0.2) is 99.0 Å². The van der Waals surface area contributed by atoms with Crippen LogP contribution in [0.5, 0.6) is 0 Å². The van der Waals surface area contributed by atoms with Gasteiger partial charge in [0.05, 0.1) is 16.9 Å². The number of hydrogen-bond acceptors (Lipinski definition) is 5. The Balaban J connectivity index is 1.48. The van der Waals surface area contributed by atoms with Crippen molar-refractivity contribution in [2.24, 2.45) is 0 Å². The Morgan fingerprint density at radius 1 is 0.903 bits per heavy atom. The number of carbonyl (C=O) groups excluding carboxylic acids is 1. The molecule has 4 aromatic rings. The van der Waals surface area contributed by atoms with E-state index in [-0.39, 0.29) is 11.9 Å². The summed E-state index contributed by atoms with van der Waals surface area (Å²) in [6, 6.07) is 27.2. The first kappa shape index (κ1) is 21.3. The van der Waals surface area contributed by atoms with Gasteiger partial charge < -0.3 is 9.73 Å². The predicted molar refractivity (Wildman–Crippen MR) is 126 cm³/mol. The molecule has 0 saturated carbocycles. The van der Waals surface area contributed by atoms with Crippen LogP contribution >= 0.6 is 27.7 Å². The number of nitrogens with one attached hydrogen (secondary N) is 1. The first-order valence-electron chi connectivity index (χ1n) is 9.77. The molecule has 0 spiro atoms. The zero-order valence-corrected chi connectivity index (χ0v) is 19.1. The molecule has 0 fully saturated rings. The first-order chi connectivity index (χ1) is 15.1. The highest BCUT2D eigenvalue weighted by atomic mass is 79.9. The van der Waals surface area contributed by atoms with Gasteiger partial charge in [0.2, 0.25) is 11.8 Å². The van der Waals surface area contributed by atoms with E-state index in [1.807, 2.05) is 91.9 Å². The second-order valence-electron chi connectivity index (χ2n) is 6.88. The molecule has 1 N–H and O–H groups in total. The van der Waals surface area contributed by atoms with E-state index in [0.29, 0.717) is 11.1 Å². The monoisotopic (exact) mass is 493 g/mol. The SMILES string of the molecule is CC(Sc1nnc(-c2ccccc2Br)o1)C(=O)NC(c1ccccc1)c1ccccc1. The molecule has 1 heterocycles. The Morgan fingerprint density at radius 3 is 2.10 bits per heavy atom. The van der Waals surface area contributed by atoms with Gasteiger partial charge in [0.25, 0.3) is 5.22 Å². The maximum Gasteiger partial charge on any atom is 0.277 e. The van der Waals surface area contributed by atoms with Crippen LogP contribution in [0.4, 0.5) is 0 Å². The lowest BCUT2D eigenvalue weighted by atomic mass is 9.98. The van der Waals surface area contributed by atoms with Gasteiger partial charge in [-0.05, 0) is 46.1 Å². The minimum absolute atomic E-state index is 0.108. The fraction of sp³-hybridized carbons (Fsp3) is 0.125.